The van der Waals surface area contributed by atoms with Crippen molar-refractivity contribution in [2.45, 2.75) is 26.3 Å². The molecule has 0 aliphatic carbocycles. The van der Waals surface area contributed by atoms with Gasteiger partial charge < -0.3 is 9.64 Å². The summed E-state index contributed by atoms with van der Waals surface area (Å²) in [5.74, 6) is 0.478. The van der Waals surface area contributed by atoms with Crippen LogP contribution in [-0.2, 0) is 9.53 Å². The van der Waals surface area contributed by atoms with Crippen molar-refractivity contribution >= 4 is 17.5 Å². The Morgan fingerprint density at radius 3 is 3.00 bits per heavy atom. The Bertz CT molecular complexity index is 199. The Hall–Kier alpha value is -0.280. The fraction of sp³-hybridized carbons (Fsp3) is 0.900. The maximum Gasteiger partial charge on any atom is 0.227 e. The highest BCUT2D eigenvalue weighted by molar-refractivity contribution is 6.19. The minimum absolute atomic E-state index is 0.0798. The number of rotatable bonds is 3. The molecule has 0 bridgehead atoms. The number of hydrogen-bond donors (Lipinski definition) is 0. The molecule has 82 valence electrons. The second-order valence-electron chi connectivity index (χ2n) is 3.72. The summed E-state index contributed by atoms with van der Waals surface area (Å²) in [5.41, 5.74) is 0. The van der Waals surface area contributed by atoms with Gasteiger partial charge >= 0.3 is 0 Å². The van der Waals surface area contributed by atoms with Crippen LogP contribution in [0.1, 0.15) is 20.3 Å². The summed E-state index contributed by atoms with van der Waals surface area (Å²) in [7, 11) is 0. The van der Waals surface area contributed by atoms with Crippen LogP contribution in [0.5, 0.6) is 0 Å². The first-order valence-electron chi connectivity index (χ1n) is 5.14. The van der Waals surface area contributed by atoms with Crippen LogP contribution in [0.4, 0.5) is 0 Å². The molecule has 0 spiro atoms. The number of ether oxygens (including phenoxy) is 1. The number of halogens is 1. The van der Waals surface area contributed by atoms with Crippen LogP contribution in [0, 0.1) is 5.92 Å². The Kier molecular flexibility index (Phi) is 4.69. The molecule has 0 aromatic rings. The van der Waals surface area contributed by atoms with E-state index in [2.05, 4.69) is 6.92 Å². The summed E-state index contributed by atoms with van der Waals surface area (Å²) < 4.78 is 5.34. The molecule has 1 saturated heterocycles. The lowest BCUT2D eigenvalue weighted by molar-refractivity contribution is -0.143. The number of carbonyl (C=O) groups is 1. The molecule has 0 radical (unpaired) electrons. The maximum absolute atomic E-state index is 11.9. The first kappa shape index (κ1) is 11.8. The predicted molar refractivity (Wildman–Crippen MR) is 56.5 cm³/mol. The molecule has 2 atom stereocenters. The summed E-state index contributed by atoms with van der Waals surface area (Å²) in [6.45, 7) is 5.97. The van der Waals surface area contributed by atoms with Crippen LogP contribution in [0.3, 0.4) is 0 Å². The van der Waals surface area contributed by atoms with Gasteiger partial charge in [0.25, 0.3) is 0 Å². The van der Waals surface area contributed by atoms with E-state index in [0.717, 1.165) is 6.42 Å². The van der Waals surface area contributed by atoms with Crippen LogP contribution in [0.15, 0.2) is 0 Å². The lowest BCUT2D eigenvalue weighted by atomic mass is 10.1. The van der Waals surface area contributed by atoms with Gasteiger partial charge in [-0.25, -0.2) is 0 Å². The van der Waals surface area contributed by atoms with E-state index in [1.165, 1.54) is 0 Å². The minimum Gasteiger partial charge on any atom is -0.377 e. The number of hydrogen-bond acceptors (Lipinski definition) is 2. The number of amides is 1. The molecule has 0 N–H and O–H groups in total. The fourth-order valence-electron chi connectivity index (χ4n) is 1.63. The zero-order valence-electron chi connectivity index (χ0n) is 8.83. The number of nitrogens with zero attached hydrogens (tertiary/aromatic N) is 1. The zero-order valence-corrected chi connectivity index (χ0v) is 9.59. The maximum atomic E-state index is 11.9. The highest BCUT2D eigenvalue weighted by atomic mass is 35.5. The molecule has 4 heteroatoms. The smallest absolute Gasteiger partial charge is 0.227 e. The standard InChI is InChI=1S/C10H18ClNO2/c1-3-9-7-14-5-4-12(9)10(13)8(2)6-11/h8-9H,3-7H2,1-2H3. The van der Waals surface area contributed by atoms with Crippen molar-refractivity contribution in [1.29, 1.82) is 0 Å². The monoisotopic (exact) mass is 219 g/mol. The second-order valence-corrected chi connectivity index (χ2v) is 4.03. The number of carbonyl (C=O) groups excluding carboxylic acids is 1. The van der Waals surface area contributed by atoms with Gasteiger partial charge in [0.15, 0.2) is 0 Å². The summed E-state index contributed by atoms with van der Waals surface area (Å²) in [5, 5.41) is 0. The van der Waals surface area contributed by atoms with Crippen molar-refractivity contribution < 1.29 is 9.53 Å². The average Bonchev–Trinajstić information content (AvgIpc) is 2.26. The van der Waals surface area contributed by atoms with Crippen LogP contribution in [0.25, 0.3) is 0 Å². The normalized spacial score (nSPS) is 24.8. The van der Waals surface area contributed by atoms with Crippen LogP contribution in [-0.4, -0.2) is 42.5 Å². The van der Waals surface area contributed by atoms with Gasteiger partial charge in [0.2, 0.25) is 5.91 Å². The van der Waals surface area contributed by atoms with Gasteiger partial charge in [-0.05, 0) is 6.42 Å². The third-order valence-corrected chi connectivity index (χ3v) is 3.10. The molecule has 1 rings (SSSR count). The summed E-state index contributed by atoms with van der Waals surface area (Å²) in [6.07, 6.45) is 0.945. The van der Waals surface area contributed by atoms with Crippen molar-refractivity contribution in [2.75, 3.05) is 25.6 Å². The van der Waals surface area contributed by atoms with Gasteiger partial charge in [-0.1, -0.05) is 13.8 Å². The third-order valence-electron chi connectivity index (χ3n) is 2.63. The fourth-order valence-corrected chi connectivity index (χ4v) is 1.76. The summed E-state index contributed by atoms with van der Waals surface area (Å²) >= 11 is 5.68. The van der Waals surface area contributed by atoms with Crippen molar-refractivity contribution in [3.05, 3.63) is 0 Å². The van der Waals surface area contributed by atoms with Crippen LogP contribution >= 0.6 is 11.6 Å². The van der Waals surface area contributed by atoms with E-state index in [1.807, 2.05) is 11.8 Å². The Labute approximate surface area is 90.4 Å². The van der Waals surface area contributed by atoms with Crippen molar-refractivity contribution in [3.8, 4) is 0 Å². The Morgan fingerprint density at radius 1 is 1.71 bits per heavy atom. The Morgan fingerprint density at radius 2 is 2.43 bits per heavy atom. The minimum atomic E-state index is -0.0798. The Balaban J connectivity index is 2.58. The molecular formula is C10H18ClNO2. The predicted octanol–water partition coefficient (Wildman–Crippen LogP) is 1.50. The van der Waals surface area contributed by atoms with Gasteiger partial charge in [0, 0.05) is 18.3 Å². The molecule has 1 aliphatic rings. The first-order chi connectivity index (χ1) is 6.70. The van der Waals surface area contributed by atoms with Gasteiger partial charge in [0.1, 0.15) is 0 Å². The molecule has 1 aliphatic heterocycles. The van der Waals surface area contributed by atoms with Crippen molar-refractivity contribution in [3.63, 3.8) is 0 Å². The second kappa shape index (κ2) is 5.56. The van der Waals surface area contributed by atoms with E-state index in [-0.39, 0.29) is 17.9 Å². The van der Waals surface area contributed by atoms with E-state index in [4.69, 9.17) is 16.3 Å². The van der Waals surface area contributed by atoms with E-state index in [1.54, 1.807) is 0 Å². The largest absolute Gasteiger partial charge is 0.377 e. The summed E-state index contributed by atoms with van der Waals surface area (Å²) in [4.78, 5) is 13.8. The van der Waals surface area contributed by atoms with Gasteiger partial charge in [-0.2, -0.15) is 0 Å². The first-order valence-corrected chi connectivity index (χ1v) is 5.68. The van der Waals surface area contributed by atoms with E-state index < -0.39 is 0 Å². The van der Waals surface area contributed by atoms with E-state index in [0.29, 0.717) is 25.6 Å². The molecule has 1 amide bonds. The molecule has 1 heterocycles. The molecule has 0 aromatic heterocycles. The number of alkyl halides is 1. The molecule has 1 fully saturated rings. The molecular weight excluding hydrogens is 202 g/mol. The van der Waals surface area contributed by atoms with E-state index in [9.17, 15) is 4.79 Å². The molecule has 0 aromatic carbocycles. The third kappa shape index (κ3) is 2.61. The number of morpholine rings is 1. The summed E-state index contributed by atoms with van der Waals surface area (Å²) in [6, 6.07) is 0.238. The lowest BCUT2D eigenvalue weighted by Crippen LogP contribution is -2.50. The molecule has 2 unspecified atom stereocenters. The highest BCUT2D eigenvalue weighted by Crippen LogP contribution is 2.14. The lowest BCUT2D eigenvalue weighted by Gasteiger charge is -2.36. The average molecular weight is 220 g/mol. The van der Waals surface area contributed by atoms with Crippen LogP contribution < -0.4 is 0 Å². The zero-order chi connectivity index (χ0) is 10.6. The SMILES string of the molecule is CCC1COCCN1C(=O)C(C)CCl. The molecule has 0 saturated carbocycles. The molecule has 14 heavy (non-hydrogen) atoms. The van der Waals surface area contributed by atoms with E-state index >= 15 is 0 Å². The van der Waals surface area contributed by atoms with Crippen molar-refractivity contribution in [1.82, 2.24) is 4.90 Å². The highest BCUT2D eigenvalue weighted by Gasteiger charge is 2.28. The molecule has 3 nitrogen and oxygen atoms in total. The quantitative estimate of drug-likeness (QED) is 0.674. The van der Waals surface area contributed by atoms with Crippen LogP contribution in [0.2, 0.25) is 0 Å². The van der Waals surface area contributed by atoms with Crippen molar-refractivity contribution in [2.24, 2.45) is 5.92 Å². The topological polar surface area (TPSA) is 29.5 Å². The van der Waals surface area contributed by atoms with Gasteiger partial charge in [-0.15, -0.1) is 11.6 Å². The van der Waals surface area contributed by atoms with Gasteiger partial charge in [0.05, 0.1) is 19.3 Å². The van der Waals surface area contributed by atoms with Gasteiger partial charge in [-0.3, -0.25) is 4.79 Å².